The molecule has 2 atom stereocenters. The van der Waals surface area contributed by atoms with Crippen molar-refractivity contribution in [3.8, 4) is 11.8 Å². The Morgan fingerprint density at radius 2 is 2.00 bits per heavy atom. The second-order valence-corrected chi connectivity index (χ2v) is 18.0. The first kappa shape index (κ1) is 26.7. The molecule has 0 bridgehead atoms. The third kappa shape index (κ3) is 6.03. The molecule has 1 fully saturated rings. The van der Waals surface area contributed by atoms with Gasteiger partial charge < -0.3 is 24.1 Å². The number of hydrogen-bond acceptors (Lipinski definition) is 7. The number of ether oxygens (including phenoxy) is 3. The van der Waals surface area contributed by atoms with Gasteiger partial charge in [0.2, 0.25) is 0 Å². The summed E-state index contributed by atoms with van der Waals surface area (Å²) in [5.74, 6) is 2.15. The molecule has 0 unspecified atom stereocenters. The molecule has 1 aliphatic heterocycles. The summed E-state index contributed by atoms with van der Waals surface area (Å²) in [6.45, 7) is 12.9. The van der Waals surface area contributed by atoms with Crippen molar-refractivity contribution >= 4 is 24.9 Å². The lowest BCUT2D eigenvalue weighted by Crippen LogP contribution is -2.39. The predicted octanol–water partition coefficient (Wildman–Crippen LogP) is 6.10. The van der Waals surface area contributed by atoms with Gasteiger partial charge in [0.05, 0.1) is 29.5 Å². The van der Waals surface area contributed by atoms with Crippen LogP contribution in [0.4, 0.5) is 5.82 Å². The molecule has 5 rings (SSSR count). The van der Waals surface area contributed by atoms with E-state index in [2.05, 4.69) is 57.7 Å². The Morgan fingerprint density at radius 3 is 2.74 bits per heavy atom. The number of fused-ring (bicyclic) bond motifs is 2. The zero-order chi connectivity index (χ0) is 26.9. The minimum atomic E-state index is -1.16. The maximum absolute atomic E-state index is 9.49. The Morgan fingerprint density at radius 1 is 1.21 bits per heavy atom. The Kier molecular flexibility index (Phi) is 7.49. The molecule has 0 amide bonds. The van der Waals surface area contributed by atoms with Crippen molar-refractivity contribution in [2.45, 2.75) is 77.2 Å². The van der Waals surface area contributed by atoms with Crippen LogP contribution in [0.5, 0.6) is 5.75 Å². The number of nitriles is 1. The summed E-state index contributed by atoms with van der Waals surface area (Å²) in [6, 6.07) is 13.5. The standard InChI is InChI=1S/C29H39N5O3Si/c1-29(2,16-30)17-37-25-15-36-24-9-7-6-8-21(24)26(25)33-27-22-14-23(20-10-11-20)34(28(22)32-18-31-27)19-35-12-13-38(3,4)5/h6-9,14,18,20,25-26H,10-13,15,17,19H2,1-5H3,(H,31,32,33)/t25-,26-/m1/s1. The van der Waals surface area contributed by atoms with E-state index in [0.29, 0.717) is 25.9 Å². The maximum atomic E-state index is 9.49. The van der Waals surface area contributed by atoms with E-state index in [-0.39, 0.29) is 12.1 Å². The van der Waals surface area contributed by atoms with Crippen LogP contribution in [0.15, 0.2) is 36.7 Å². The molecule has 9 heteroatoms. The summed E-state index contributed by atoms with van der Waals surface area (Å²) in [4.78, 5) is 9.36. The average molecular weight is 534 g/mol. The Labute approximate surface area is 226 Å². The molecule has 8 nitrogen and oxygen atoms in total. The number of anilines is 1. The summed E-state index contributed by atoms with van der Waals surface area (Å²) in [7, 11) is -1.16. The topological polar surface area (TPSA) is 94.2 Å². The number of rotatable bonds is 11. The molecule has 2 aliphatic rings. The number of nitrogens with zero attached hydrogens (tertiary/aromatic N) is 4. The molecule has 0 radical (unpaired) electrons. The van der Waals surface area contributed by atoms with Crippen LogP contribution in [0.1, 0.15) is 49.9 Å². The Balaban J connectivity index is 1.44. The van der Waals surface area contributed by atoms with Gasteiger partial charge in [-0.25, -0.2) is 9.97 Å². The van der Waals surface area contributed by atoms with Crippen LogP contribution >= 0.6 is 0 Å². The highest BCUT2D eigenvalue weighted by atomic mass is 28.3. The van der Waals surface area contributed by atoms with Crippen LogP contribution in [0.3, 0.4) is 0 Å². The number of hydrogen-bond donors (Lipinski definition) is 1. The van der Waals surface area contributed by atoms with Crippen LogP contribution in [0.25, 0.3) is 11.0 Å². The quantitative estimate of drug-likeness (QED) is 0.235. The largest absolute Gasteiger partial charge is 0.490 e. The van der Waals surface area contributed by atoms with E-state index in [1.807, 2.05) is 32.0 Å². The third-order valence-corrected chi connectivity index (χ3v) is 8.92. The summed E-state index contributed by atoms with van der Waals surface area (Å²) in [6.07, 6.45) is 3.73. The van der Waals surface area contributed by atoms with E-state index >= 15 is 0 Å². The van der Waals surface area contributed by atoms with Gasteiger partial charge in [-0.05, 0) is 50.8 Å². The highest BCUT2D eigenvalue weighted by Gasteiger charge is 2.35. The fourth-order valence-corrected chi connectivity index (χ4v) is 5.49. The monoisotopic (exact) mass is 533 g/mol. The average Bonchev–Trinajstić information content (AvgIpc) is 3.67. The number of para-hydroxylation sites is 1. The van der Waals surface area contributed by atoms with Gasteiger partial charge >= 0.3 is 0 Å². The van der Waals surface area contributed by atoms with E-state index in [0.717, 1.165) is 40.8 Å². The van der Waals surface area contributed by atoms with E-state index in [1.54, 1.807) is 6.33 Å². The van der Waals surface area contributed by atoms with Crippen LogP contribution < -0.4 is 10.1 Å². The molecule has 1 N–H and O–H groups in total. The van der Waals surface area contributed by atoms with Gasteiger partial charge in [0.1, 0.15) is 43.0 Å². The second-order valence-electron chi connectivity index (χ2n) is 12.4. The molecule has 1 saturated carbocycles. The van der Waals surface area contributed by atoms with E-state index in [9.17, 15) is 5.26 Å². The summed E-state index contributed by atoms with van der Waals surface area (Å²) >= 11 is 0. The van der Waals surface area contributed by atoms with E-state index in [1.165, 1.54) is 18.5 Å². The van der Waals surface area contributed by atoms with Gasteiger partial charge in [0.25, 0.3) is 0 Å². The SMILES string of the molecule is CC(C)(C#N)CO[C@@H]1COc2ccccc2[C@H]1Nc1ncnc2c1cc(C1CC1)n2COCC[Si](C)(C)C. The first-order valence-electron chi connectivity index (χ1n) is 13.6. The first-order chi connectivity index (χ1) is 18.1. The molecule has 3 aromatic rings. The van der Waals surface area contributed by atoms with Crippen LogP contribution in [-0.2, 0) is 16.2 Å². The van der Waals surface area contributed by atoms with Crippen LogP contribution in [-0.4, -0.2) is 48.5 Å². The molecule has 3 heterocycles. The van der Waals surface area contributed by atoms with Crippen molar-refractivity contribution in [2.24, 2.45) is 5.41 Å². The van der Waals surface area contributed by atoms with Crippen molar-refractivity contribution in [1.82, 2.24) is 14.5 Å². The van der Waals surface area contributed by atoms with Crippen molar-refractivity contribution in [2.75, 3.05) is 25.1 Å². The maximum Gasteiger partial charge on any atom is 0.147 e. The highest BCUT2D eigenvalue weighted by molar-refractivity contribution is 6.76. The molecule has 0 spiro atoms. The van der Waals surface area contributed by atoms with Gasteiger partial charge in [0, 0.05) is 25.9 Å². The summed E-state index contributed by atoms with van der Waals surface area (Å²) < 4.78 is 20.7. The van der Waals surface area contributed by atoms with Gasteiger partial charge in [-0.15, -0.1) is 0 Å². The van der Waals surface area contributed by atoms with Gasteiger partial charge in [0.15, 0.2) is 0 Å². The van der Waals surface area contributed by atoms with Gasteiger partial charge in [-0.2, -0.15) is 5.26 Å². The number of benzene rings is 1. The molecule has 1 aromatic carbocycles. The van der Waals surface area contributed by atoms with Crippen LogP contribution in [0, 0.1) is 16.7 Å². The van der Waals surface area contributed by atoms with E-state index < -0.39 is 13.5 Å². The Hall–Kier alpha value is -2.93. The zero-order valence-electron chi connectivity index (χ0n) is 23.2. The predicted molar refractivity (Wildman–Crippen MR) is 151 cm³/mol. The van der Waals surface area contributed by atoms with Gasteiger partial charge in [-0.1, -0.05) is 37.8 Å². The molecule has 202 valence electrons. The molecule has 38 heavy (non-hydrogen) atoms. The fraction of sp³-hybridized carbons (Fsp3) is 0.552. The zero-order valence-corrected chi connectivity index (χ0v) is 24.2. The molecular weight excluding hydrogens is 494 g/mol. The fourth-order valence-electron chi connectivity index (χ4n) is 4.73. The lowest BCUT2D eigenvalue weighted by Gasteiger charge is -2.35. The third-order valence-electron chi connectivity index (χ3n) is 7.22. The second kappa shape index (κ2) is 10.7. The first-order valence-corrected chi connectivity index (χ1v) is 17.3. The number of nitrogens with one attached hydrogen (secondary N) is 1. The minimum Gasteiger partial charge on any atom is -0.490 e. The lowest BCUT2D eigenvalue weighted by molar-refractivity contribution is -0.0252. The minimum absolute atomic E-state index is 0.187. The molecule has 1 aliphatic carbocycles. The summed E-state index contributed by atoms with van der Waals surface area (Å²) in [5, 5.41) is 14.2. The van der Waals surface area contributed by atoms with Crippen molar-refractivity contribution in [1.29, 1.82) is 5.26 Å². The van der Waals surface area contributed by atoms with Crippen LogP contribution in [0.2, 0.25) is 25.7 Å². The van der Waals surface area contributed by atoms with Gasteiger partial charge in [-0.3, -0.25) is 0 Å². The summed E-state index contributed by atoms with van der Waals surface area (Å²) in [5.41, 5.74) is 2.59. The smallest absolute Gasteiger partial charge is 0.147 e. The van der Waals surface area contributed by atoms with Crippen molar-refractivity contribution in [3.63, 3.8) is 0 Å². The lowest BCUT2D eigenvalue weighted by atomic mass is 9.95. The Bertz CT molecular complexity index is 1320. The normalized spacial score (nSPS) is 19.6. The number of aromatic nitrogens is 3. The molecule has 0 saturated heterocycles. The molecular formula is C29H39N5O3Si. The van der Waals surface area contributed by atoms with E-state index in [4.69, 9.17) is 14.2 Å². The highest BCUT2D eigenvalue weighted by Crippen LogP contribution is 2.43. The van der Waals surface area contributed by atoms with Crippen molar-refractivity contribution in [3.05, 3.63) is 47.9 Å². The van der Waals surface area contributed by atoms with Crippen molar-refractivity contribution < 1.29 is 14.2 Å². The molecule has 2 aromatic heterocycles.